The molecule has 0 heterocycles. The summed E-state index contributed by atoms with van der Waals surface area (Å²) in [6.07, 6.45) is 48.6. The number of phosphoric acid groups is 2. The molecule has 3 N–H and O–H groups in total. The Kier molecular flexibility index (Phi) is 61.8. The number of phosphoric ester groups is 2. The van der Waals surface area contributed by atoms with Gasteiger partial charge in [-0.2, -0.15) is 0 Å². The van der Waals surface area contributed by atoms with Crippen molar-refractivity contribution >= 4 is 39.5 Å². The maximum atomic E-state index is 13.0. The molecule has 0 spiro atoms. The van der Waals surface area contributed by atoms with Crippen LogP contribution in [0.15, 0.2) is 0 Å². The van der Waals surface area contributed by atoms with Gasteiger partial charge >= 0.3 is 39.5 Å². The Morgan fingerprint density at radius 1 is 0.300 bits per heavy atom. The molecule has 0 rings (SSSR count). The van der Waals surface area contributed by atoms with Gasteiger partial charge in [0.25, 0.3) is 0 Å². The van der Waals surface area contributed by atoms with Crippen LogP contribution in [-0.2, 0) is 65.4 Å². The zero-order chi connectivity index (χ0) is 66.5. The van der Waals surface area contributed by atoms with Gasteiger partial charge in [-0.05, 0) is 37.5 Å². The number of hydrogen-bond donors (Lipinski definition) is 3. The molecule has 534 valence electrons. The predicted octanol–water partition coefficient (Wildman–Crippen LogP) is 20.4. The van der Waals surface area contributed by atoms with E-state index in [1.807, 2.05) is 0 Å². The molecule has 0 bridgehead atoms. The molecule has 0 fully saturated rings. The quantitative estimate of drug-likeness (QED) is 0.0222. The van der Waals surface area contributed by atoms with E-state index in [-0.39, 0.29) is 25.7 Å². The summed E-state index contributed by atoms with van der Waals surface area (Å²) in [5.74, 6) is -0.666. The zero-order valence-corrected chi connectivity index (χ0v) is 60.2. The number of rotatable bonds is 70. The Morgan fingerprint density at radius 3 is 0.756 bits per heavy atom. The Morgan fingerprint density at radius 2 is 0.511 bits per heavy atom. The maximum absolute atomic E-state index is 13.0. The predicted molar refractivity (Wildman–Crippen MR) is 363 cm³/mol. The number of aliphatic hydroxyl groups excluding tert-OH is 1. The van der Waals surface area contributed by atoms with Crippen LogP contribution >= 0.6 is 15.6 Å². The first-order valence-corrected chi connectivity index (χ1v) is 40.0. The summed E-state index contributed by atoms with van der Waals surface area (Å²) in [5, 5.41) is 10.6. The smallest absolute Gasteiger partial charge is 0.462 e. The summed E-state index contributed by atoms with van der Waals surface area (Å²) in [5.41, 5.74) is 0. The lowest BCUT2D eigenvalue weighted by molar-refractivity contribution is -0.161. The van der Waals surface area contributed by atoms with Gasteiger partial charge in [-0.1, -0.05) is 311 Å². The van der Waals surface area contributed by atoms with Crippen LogP contribution < -0.4 is 0 Å². The van der Waals surface area contributed by atoms with E-state index in [4.69, 9.17) is 37.0 Å². The number of hydrogen-bond acceptors (Lipinski definition) is 15. The van der Waals surface area contributed by atoms with Gasteiger partial charge in [0, 0.05) is 25.7 Å². The zero-order valence-electron chi connectivity index (χ0n) is 58.4. The standard InChI is InChI=1S/C71H138O17P2/c1-7-9-11-13-15-17-19-21-22-27-30-34-41-47-53-68(73)81-59-66(87-71(76)56-50-44-36-32-28-24-23-25-29-33-39-45-51-63(3)4)61-85-89(77,78)83-57-65(72)58-84-90(79,80)86-62-67(60-82-69(74)54-48-42-38-37-40-46-52-64(5)6)88-70(75)55-49-43-35-31-26-20-18-16-14-12-10-8-2/h63-67,72H,7-62H2,1-6H3,(H,77,78)(H,79,80)/t65-,66-,67-/m1/s1. The molecule has 0 saturated heterocycles. The summed E-state index contributed by atoms with van der Waals surface area (Å²) in [7, 11) is -9.90. The molecule has 0 aromatic rings. The largest absolute Gasteiger partial charge is 0.472 e. The van der Waals surface area contributed by atoms with E-state index in [1.54, 1.807) is 0 Å². The topological polar surface area (TPSA) is 237 Å². The van der Waals surface area contributed by atoms with Gasteiger partial charge in [0.2, 0.25) is 0 Å². The Hall–Kier alpha value is -1.94. The minimum atomic E-state index is -4.95. The molecule has 0 amide bonds. The normalized spacial score (nSPS) is 14.1. The molecule has 0 saturated carbocycles. The van der Waals surface area contributed by atoms with Crippen molar-refractivity contribution in [1.29, 1.82) is 0 Å². The van der Waals surface area contributed by atoms with Gasteiger partial charge in [0.15, 0.2) is 12.2 Å². The molecule has 0 aliphatic heterocycles. The molecule has 90 heavy (non-hydrogen) atoms. The second-order valence-electron chi connectivity index (χ2n) is 26.6. The van der Waals surface area contributed by atoms with E-state index in [1.165, 1.54) is 173 Å². The van der Waals surface area contributed by atoms with Gasteiger partial charge < -0.3 is 33.8 Å². The van der Waals surface area contributed by atoms with Crippen LogP contribution in [0.1, 0.15) is 363 Å². The minimum absolute atomic E-state index is 0.106. The lowest BCUT2D eigenvalue weighted by Gasteiger charge is -2.21. The van der Waals surface area contributed by atoms with Gasteiger partial charge in [0.05, 0.1) is 26.4 Å². The summed E-state index contributed by atoms with van der Waals surface area (Å²) >= 11 is 0. The van der Waals surface area contributed by atoms with Crippen molar-refractivity contribution in [3.05, 3.63) is 0 Å². The molecule has 5 atom stereocenters. The Labute approximate surface area is 549 Å². The summed E-state index contributed by atoms with van der Waals surface area (Å²) in [4.78, 5) is 72.6. The van der Waals surface area contributed by atoms with E-state index >= 15 is 0 Å². The van der Waals surface area contributed by atoms with Crippen LogP contribution in [0.2, 0.25) is 0 Å². The fourth-order valence-corrected chi connectivity index (χ4v) is 12.3. The highest BCUT2D eigenvalue weighted by Crippen LogP contribution is 2.45. The third-order valence-corrected chi connectivity index (χ3v) is 18.4. The number of esters is 4. The molecule has 0 radical (unpaired) electrons. The molecule has 0 aliphatic rings. The van der Waals surface area contributed by atoms with Crippen LogP contribution in [0.25, 0.3) is 0 Å². The van der Waals surface area contributed by atoms with Gasteiger partial charge in [-0.3, -0.25) is 37.3 Å². The van der Waals surface area contributed by atoms with Crippen molar-refractivity contribution in [1.82, 2.24) is 0 Å². The van der Waals surface area contributed by atoms with E-state index in [9.17, 15) is 43.2 Å². The van der Waals surface area contributed by atoms with Crippen molar-refractivity contribution in [2.75, 3.05) is 39.6 Å². The molecule has 0 aliphatic carbocycles. The molecule has 2 unspecified atom stereocenters. The molecule has 17 nitrogen and oxygen atoms in total. The number of unbranched alkanes of at least 4 members (excludes halogenated alkanes) is 40. The van der Waals surface area contributed by atoms with Crippen LogP contribution in [0.3, 0.4) is 0 Å². The second kappa shape index (κ2) is 63.1. The lowest BCUT2D eigenvalue weighted by Crippen LogP contribution is -2.30. The maximum Gasteiger partial charge on any atom is 0.472 e. The molecular formula is C71H138O17P2. The van der Waals surface area contributed by atoms with Crippen LogP contribution in [0.5, 0.6) is 0 Å². The Balaban J connectivity index is 5.24. The second-order valence-corrected chi connectivity index (χ2v) is 29.5. The third-order valence-electron chi connectivity index (χ3n) is 16.5. The van der Waals surface area contributed by atoms with E-state index in [0.29, 0.717) is 31.6 Å². The van der Waals surface area contributed by atoms with E-state index in [2.05, 4.69) is 41.5 Å². The Bertz CT molecular complexity index is 1750. The fraction of sp³-hybridized carbons (Fsp3) is 0.944. The lowest BCUT2D eigenvalue weighted by atomic mass is 10.0. The molecular weight excluding hydrogens is 1190 g/mol. The van der Waals surface area contributed by atoms with Gasteiger partial charge in [0.1, 0.15) is 19.3 Å². The molecule has 0 aromatic carbocycles. The average Bonchev–Trinajstić information content (AvgIpc) is 2.97. The van der Waals surface area contributed by atoms with Gasteiger partial charge in [-0.15, -0.1) is 0 Å². The summed E-state index contributed by atoms with van der Waals surface area (Å²) < 4.78 is 68.3. The van der Waals surface area contributed by atoms with E-state index < -0.39 is 97.5 Å². The van der Waals surface area contributed by atoms with Gasteiger partial charge in [-0.25, -0.2) is 9.13 Å². The monoisotopic (exact) mass is 1320 g/mol. The van der Waals surface area contributed by atoms with Crippen molar-refractivity contribution in [3.8, 4) is 0 Å². The average molecular weight is 1330 g/mol. The van der Waals surface area contributed by atoms with Crippen molar-refractivity contribution < 1.29 is 80.2 Å². The fourth-order valence-electron chi connectivity index (χ4n) is 10.8. The SMILES string of the molecule is CCCCCCCCCCCCCCCCC(=O)OC[C@H](COP(=O)(O)OC[C@@H](O)COP(=O)(O)OC[C@@H](COC(=O)CCCCCCCCC(C)C)OC(=O)CCCCCCCCCCCCCC)OC(=O)CCCCCCCCCCCCCCC(C)C. The number of carbonyl (C=O) groups excluding carboxylic acids is 4. The van der Waals surface area contributed by atoms with Crippen LogP contribution in [0, 0.1) is 11.8 Å². The minimum Gasteiger partial charge on any atom is -0.462 e. The summed E-state index contributed by atoms with van der Waals surface area (Å²) in [6, 6.07) is 0. The first-order chi connectivity index (χ1) is 43.4. The first kappa shape index (κ1) is 88.1. The third kappa shape index (κ3) is 64.8. The van der Waals surface area contributed by atoms with Crippen LogP contribution in [-0.4, -0.2) is 96.7 Å². The van der Waals surface area contributed by atoms with Crippen LogP contribution in [0.4, 0.5) is 0 Å². The van der Waals surface area contributed by atoms with E-state index in [0.717, 1.165) is 102 Å². The number of aliphatic hydroxyl groups is 1. The van der Waals surface area contributed by atoms with Crippen molar-refractivity contribution in [2.24, 2.45) is 11.8 Å². The summed E-state index contributed by atoms with van der Waals surface area (Å²) in [6.45, 7) is 9.49. The highest BCUT2D eigenvalue weighted by Gasteiger charge is 2.30. The first-order valence-electron chi connectivity index (χ1n) is 37.0. The van der Waals surface area contributed by atoms with Crippen molar-refractivity contribution in [3.63, 3.8) is 0 Å². The number of ether oxygens (including phenoxy) is 4. The molecule has 19 heteroatoms. The highest BCUT2D eigenvalue weighted by molar-refractivity contribution is 7.47. The molecule has 0 aromatic heterocycles. The highest BCUT2D eigenvalue weighted by atomic mass is 31.2. The van der Waals surface area contributed by atoms with Crippen molar-refractivity contribution in [2.45, 2.75) is 381 Å². The number of carbonyl (C=O) groups is 4.